The molecule has 0 atom stereocenters. The maximum absolute atomic E-state index is 13.1. The monoisotopic (exact) mass is 490 g/mol. The minimum Gasteiger partial charge on any atom is -0.492 e. The number of thioether (sulfide) groups is 1. The van der Waals surface area contributed by atoms with Gasteiger partial charge in [0.15, 0.2) is 4.34 Å². The minimum absolute atomic E-state index is 0.305. The van der Waals surface area contributed by atoms with E-state index >= 15 is 0 Å². The van der Waals surface area contributed by atoms with Gasteiger partial charge in [-0.3, -0.25) is 4.79 Å². The summed E-state index contributed by atoms with van der Waals surface area (Å²) >= 11 is 2.69. The molecule has 0 saturated heterocycles. The molecule has 3 rings (SSSR count). The second-order valence-electron chi connectivity index (χ2n) is 7.81. The molecule has 0 spiro atoms. The highest BCUT2D eigenvalue weighted by atomic mass is 32.2. The highest BCUT2D eigenvalue weighted by molar-refractivity contribution is 8.02. The number of benzene rings is 1. The molecule has 10 heteroatoms. The van der Waals surface area contributed by atoms with Crippen molar-refractivity contribution in [3.63, 3.8) is 0 Å². The first kappa shape index (κ1) is 24.9. The van der Waals surface area contributed by atoms with E-state index in [1.165, 1.54) is 35.2 Å². The van der Waals surface area contributed by atoms with Gasteiger partial charge in [0.2, 0.25) is 5.95 Å². The third-order valence-electron chi connectivity index (χ3n) is 4.85. The molecule has 0 fully saturated rings. The van der Waals surface area contributed by atoms with Crippen molar-refractivity contribution in [3.8, 4) is 5.75 Å². The molecule has 7 nitrogen and oxygen atoms in total. The molecule has 2 heterocycles. The van der Waals surface area contributed by atoms with Crippen LogP contribution in [0.25, 0.3) is 0 Å². The number of carbonyl (C=O) groups is 1. The predicted molar refractivity (Wildman–Crippen MR) is 129 cm³/mol. The molecule has 1 N–H and O–H groups in total. The van der Waals surface area contributed by atoms with Gasteiger partial charge in [-0.2, -0.15) is 0 Å². The van der Waals surface area contributed by atoms with E-state index in [4.69, 9.17) is 4.74 Å². The van der Waals surface area contributed by atoms with Crippen LogP contribution >= 0.6 is 23.1 Å². The maximum Gasteiger partial charge on any atom is 0.319 e. The van der Waals surface area contributed by atoms with E-state index in [1.54, 1.807) is 26.0 Å². The van der Waals surface area contributed by atoms with E-state index < -0.39 is 10.7 Å². The highest BCUT2D eigenvalue weighted by Gasteiger charge is 2.29. The summed E-state index contributed by atoms with van der Waals surface area (Å²) in [5.41, 5.74) is 1.95. The summed E-state index contributed by atoms with van der Waals surface area (Å²) in [7, 11) is 0. The van der Waals surface area contributed by atoms with E-state index in [-0.39, 0.29) is 5.82 Å². The zero-order chi connectivity index (χ0) is 23.8. The molecule has 0 unspecified atom stereocenters. The van der Waals surface area contributed by atoms with Crippen LogP contribution in [0.1, 0.15) is 32.0 Å². The van der Waals surface area contributed by atoms with Crippen molar-refractivity contribution in [2.24, 2.45) is 0 Å². The summed E-state index contributed by atoms with van der Waals surface area (Å²) in [5, 5.41) is 11.3. The zero-order valence-electron chi connectivity index (χ0n) is 18.8. The Morgan fingerprint density at radius 3 is 2.55 bits per heavy atom. The number of aliphatic carboxylic acids is 1. The smallest absolute Gasteiger partial charge is 0.319 e. The SMILES string of the molecule is CCc1cnc(N(CCOc2ccc(F)cc2)CCc2csc(SC(C)(C)C(=O)O)n2)nc1. The fourth-order valence-corrected chi connectivity index (χ4v) is 5.00. The Hall–Kier alpha value is -2.72. The van der Waals surface area contributed by atoms with Gasteiger partial charge in [0.25, 0.3) is 0 Å². The Kier molecular flexibility index (Phi) is 8.62. The van der Waals surface area contributed by atoms with Crippen LogP contribution in [0.5, 0.6) is 5.75 Å². The molecular formula is C23H27FN4O3S2. The standard InChI is InChI=1S/C23H27FN4O3S2/c1-4-16-13-25-21(26-14-16)28(11-12-31-19-7-5-17(24)6-8-19)10-9-18-15-32-22(27-18)33-23(2,3)20(29)30/h5-8,13-15H,4,9-12H2,1-3H3,(H,29,30). The van der Waals surface area contributed by atoms with Gasteiger partial charge in [-0.05, 0) is 50.1 Å². The van der Waals surface area contributed by atoms with Crippen LogP contribution in [-0.2, 0) is 17.6 Å². The lowest BCUT2D eigenvalue weighted by atomic mass is 10.2. The molecule has 33 heavy (non-hydrogen) atoms. The Bertz CT molecular complexity index is 1040. The van der Waals surface area contributed by atoms with Crippen molar-refractivity contribution in [1.29, 1.82) is 0 Å². The molecule has 1 aromatic carbocycles. The molecule has 0 bridgehead atoms. The second-order valence-corrected chi connectivity index (χ2v) is 10.5. The number of thiazole rings is 1. The van der Waals surface area contributed by atoms with E-state index in [9.17, 15) is 14.3 Å². The first-order chi connectivity index (χ1) is 15.8. The number of anilines is 1. The number of carboxylic acids is 1. The van der Waals surface area contributed by atoms with Gasteiger partial charge in [0.05, 0.1) is 12.2 Å². The van der Waals surface area contributed by atoms with Gasteiger partial charge >= 0.3 is 5.97 Å². The van der Waals surface area contributed by atoms with Gasteiger partial charge in [-0.1, -0.05) is 18.7 Å². The summed E-state index contributed by atoms with van der Waals surface area (Å²) < 4.78 is 18.6. The number of carboxylic acid groups (broad SMARTS) is 1. The fraction of sp³-hybridized carbons (Fsp3) is 0.391. The van der Waals surface area contributed by atoms with Crippen LogP contribution in [0.2, 0.25) is 0 Å². The molecule has 176 valence electrons. The van der Waals surface area contributed by atoms with Gasteiger partial charge in [0.1, 0.15) is 22.9 Å². The number of halogens is 1. The number of rotatable bonds is 12. The average molecular weight is 491 g/mol. The van der Waals surface area contributed by atoms with Crippen LogP contribution in [0.15, 0.2) is 46.4 Å². The van der Waals surface area contributed by atoms with Crippen LogP contribution in [0, 0.1) is 5.82 Å². The Morgan fingerprint density at radius 2 is 1.91 bits per heavy atom. The number of aryl methyl sites for hydroxylation is 1. The zero-order valence-corrected chi connectivity index (χ0v) is 20.5. The average Bonchev–Trinajstić information content (AvgIpc) is 3.24. The van der Waals surface area contributed by atoms with Crippen molar-refractivity contribution in [2.45, 2.75) is 42.7 Å². The Balaban J connectivity index is 1.63. The quantitative estimate of drug-likeness (QED) is 0.365. The normalized spacial score (nSPS) is 11.4. The summed E-state index contributed by atoms with van der Waals surface area (Å²) in [6.45, 7) is 6.93. The molecule has 0 amide bonds. The van der Waals surface area contributed by atoms with Crippen molar-refractivity contribution < 1.29 is 19.0 Å². The van der Waals surface area contributed by atoms with Gasteiger partial charge in [0, 0.05) is 30.7 Å². The van der Waals surface area contributed by atoms with Crippen LogP contribution in [-0.4, -0.2) is 50.5 Å². The van der Waals surface area contributed by atoms with E-state index in [0.717, 1.165) is 22.0 Å². The molecule has 3 aromatic rings. The van der Waals surface area contributed by atoms with Crippen molar-refractivity contribution in [3.05, 3.63) is 59.1 Å². The molecule has 0 aliphatic carbocycles. The maximum atomic E-state index is 13.1. The van der Waals surface area contributed by atoms with E-state index in [1.807, 2.05) is 22.7 Å². The van der Waals surface area contributed by atoms with Crippen LogP contribution < -0.4 is 9.64 Å². The second kappa shape index (κ2) is 11.4. The lowest BCUT2D eigenvalue weighted by molar-refractivity contribution is -0.138. The topological polar surface area (TPSA) is 88.4 Å². The number of hydrogen-bond donors (Lipinski definition) is 1. The lowest BCUT2D eigenvalue weighted by Crippen LogP contribution is -2.32. The highest BCUT2D eigenvalue weighted by Crippen LogP contribution is 2.34. The van der Waals surface area contributed by atoms with E-state index in [2.05, 4.69) is 21.9 Å². The minimum atomic E-state index is -0.937. The van der Waals surface area contributed by atoms with Crippen molar-refractivity contribution >= 4 is 35.0 Å². The van der Waals surface area contributed by atoms with Crippen LogP contribution in [0.4, 0.5) is 10.3 Å². The largest absolute Gasteiger partial charge is 0.492 e. The van der Waals surface area contributed by atoms with Gasteiger partial charge < -0.3 is 14.7 Å². The number of aromatic nitrogens is 3. The molecule has 0 radical (unpaired) electrons. The third-order valence-corrected chi connectivity index (χ3v) is 7.02. The summed E-state index contributed by atoms with van der Waals surface area (Å²) in [4.78, 5) is 27.0. The van der Waals surface area contributed by atoms with Crippen molar-refractivity contribution in [1.82, 2.24) is 15.0 Å². The van der Waals surface area contributed by atoms with Crippen LogP contribution in [0.3, 0.4) is 0 Å². The van der Waals surface area contributed by atoms with Crippen molar-refractivity contribution in [2.75, 3.05) is 24.6 Å². The summed E-state index contributed by atoms with van der Waals surface area (Å²) in [6.07, 6.45) is 5.16. The molecular weight excluding hydrogens is 463 g/mol. The summed E-state index contributed by atoms with van der Waals surface area (Å²) in [5.74, 6) is 0.0257. The molecule has 2 aromatic heterocycles. The van der Waals surface area contributed by atoms with Gasteiger partial charge in [-0.15, -0.1) is 11.3 Å². The molecule has 0 saturated carbocycles. The van der Waals surface area contributed by atoms with E-state index in [0.29, 0.717) is 37.8 Å². The summed E-state index contributed by atoms with van der Waals surface area (Å²) in [6, 6.07) is 5.92. The Labute approximate surface area is 201 Å². The first-order valence-corrected chi connectivity index (χ1v) is 12.3. The first-order valence-electron chi connectivity index (χ1n) is 10.6. The molecule has 0 aliphatic heterocycles. The predicted octanol–water partition coefficient (Wildman–Crippen LogP) is 4.72. The third kappa shape index (κ3) is 7.40. The number of ether oxygens (including phenoxy) is 1. The number of nitrogens with zero attached hydrogens (tertiary/aromatic N) is 4. The Morgan fingerprint density at radius 1 is 1.21 bits per heavy atom. The fourth-order valence-electron chi connectivity index (χ4n) is 2.77. The lowest BCUT2D eigenvalue weighted by Gasteiger charge is -2.22. The van der Waals surface area contributed by atoms with Gasteiger partial charge in [-0.25, -0.2) is 19.3 Å². The number of hydrogen-bond acceptors (Lipinski definition) is 8. The molecule has 0 aliphatic rings.